The van der Waals surface area contributed by atoms with Crippen molar-refractivity contribution in [1.82, 2.24) is 5.32 Å². The van der Waals surface area contributed by atoms with Gasteiger partial charge in [0.2, 0.25) is 0 Å². The summed E-state index contributed by atoms with van der Waals surface area (Å²) in [6.45, 7) is 2.61. The lowest BCUT2D eigenvalue weighted by atomic mass is 9.89. The number of carbonyl (C=O) groups is 1. The maximum atomic E-state index is 13.5. The molecule has 1 aliphatic rings. The van der Waals surface area contributed by atoms with E-state index in [1.807, 2.05) is 0 Å². The van der Waals surface area contributed by atoms with Gasteiger partial charge in [-0.3, -0.25) is 4.79 Å². The summed E-state index contributed by atoms with van der Waals surface area (Å²) in [5.41, 5.74) is 5.00. The minimum atomic E-state index is -0.888. The Bertz CT molecular complexity index is 496. The van der Waals surface area contributed by atoms with Gasteiger partial charge >= 0.3 is 0 Å². The van der Waals surface area contributed by atoms with Crippen molar-refractivity contribution in [3.63, 3.8) is 0 Å². The van der Waals surface area contributed by atoms with Crippen LogP contribution in [0.4, 0.5) is 14.5 Å². The first-order valence-corrected chi connectivity index (χ1v) is 6.44. The van der Waals surface area contributed by atoms with Gasteiger partial charge in [-0.25, -0.2) is 8.78 Å². The second kappa shape index (κ2) is 5.15. The van der Waals surface area contributed by atoms with Crippen molar-refractivity contribution in [3.05, 3.63) is 29.3 Å². The number of nitrogens with one attached hydrogen (secondary N) is 1. The molecule has 3 nitrogen and oxygen atoms in total. The molecule has 19 heavy (non-hydrogen) atoms. The number of nitrogen functional groups attached to an aromatic ring is 1. The van der Waals surface area contributed by atoms with E-state index in [0.29, 0.717) is 12.6 Å². The molecule has 0 heterocycles. The van der Waals surface area contributed by atoms with Crippen LogP contribution in [0.15, 0.2) is 12.1 Å². The summed E-state index contributed by atoms with van der Waals surface area (Å²) in [7, 11) is 0. The first-order valence-electron chi connectivity index (χ1n) is 6.44. The number of carbonyl (C=O) groups excluding carboxylic acids is 1. The van der Waals surface area contributed by atoms with Gasteiger partial charge in [0.05, 0.1) is 11.3 Å². The van der Waals surface area contributed by atoms with E-state index in [0.717, 1.165) is 31.7 Å². The van der Waals surface area contributed by atoms with Crippen LogP contribution in [-0.2, 0) is 0 Å². The zero-order valence-corrected chi connectivity index (χ0v) is 10.9. The summed E-state index contributed by atoms with van der Waals surface area (Å²) >= 11 is 0. The molecule has 0 aliphatic heterocycles. The molecule has 2 rings (SSSR count). The molecule has 1 fully saturated rings. The molecule has 0 bridgehead atoms. The smallest absolute Gasteiger partial charge is 0.254 e. The third-order valence-corrected chi connectivity index (χ3v) is 3.82. The highest BCUT2D eigenvalue weighted by Crippen LogP contribution is 2.36. The van der Waals surface area contributed by atoms with E-state index >= 15 is 0 Å². The van der Waals surface area contributed by atoms with Crippen molar-refractivity contribution >= 4 is 11.6 Å². The van der Waals surface area contributed by atoms with E-state index in [2.05, 4.69) is 12.2 Å². The van der Waals surface area contributed by atoms with Gasteiger partial charge in [-0.15, -0.1) is 0 Å². The van der Waals surface area contributed by atoms with Gasteiger partial charge in [0, 0.05) is 12.6 Å². The molecule has 0 radical (unpaired) electrons. The monoisotopic (exact) mass is 268 g/mol. The second-order valence-corrected chi connectivity index (χ2v) is 5.55. The lowest BCUT2D eigenvalue weighted by Crippen LogP contribution is -2.34. The van der Waals surface area contributed by atoms with Crippen molar-refractivity contribution in [2.75, 3.05) is 12.3 Å². The second-order valence-electron chi connectivity index (χ2n) is 5.55. The summed E-state index contributed by atoms with van der Waals surface area (Å²) in [6.07, 6.45) is 4.43. The van der Waals surface area contributed by atoms with E-state index in [1.54, 1.807) is 0 Å². The first-order chi connectivity index (χ1) is 8.91. The Kier molecular flexibility index (Phi) is 3.73. The highest BCUT2D eigenvalue weighted by molar-refractivity contribution is 5.95. The molecule has 1 aliphatic carbocycles. The largest absolute Gasteiger partial charge is 0.396 e. The minimum Gasteiger partial charge on any atom is -0.396 e. The number of hydrogen-bond acceptors (Lipinski definition) is 2. The van der Waals surface area contributed by atoms with Gasteiger partial charge in [0.25, 0.3) is 5.91 Å². The average molecular weight is 268 g/mol. The van der Waals surface area contributed by atoms with Crippen LogP contribution < -0.4 is 11.1 Å². The maximum absolute atomic E-state index is 13.5. The van der Waals surface area contributed by atoms with Gasteiger partial charge in [-0.05, 0) is 24.3 Å². The molecule has 1 aromatic rings. The lowest BCUT2D eigenvalue weighted by Gasteiger charge is -2.23. The van der Waals surface area contributed by atoms with E-state index in [4.69, 9.17) is 5.73 Å². The fourth-order valence-corrected chi connectivity index (χ4v) is 2.53. The van der Waals surface area contributed by atoms with Crippen molar-refractivity contribution in [2.24, 2.45) is 5.41 Å². The molecule has 1 aromatic carbocycles. The van der Waals surface area contributed by atoms with Crippen molar-refractivity contribution in [3.8, 4) is 0 Å². The van der Waals surface area contributed by atoms with Crippen LogP contribution in [0.1, 0.15) is 43.0 Å². The van der Waals surface area contributed by atoms with Gasteiger partial charge in [0.1, 0.15) is 11.6 Å². The average Bonchev–Trinajstić information content (AvgIpc) is 2.78. The molecule has 0 aromatic heterocycles. The Morgan fingerprint density at radius 3 is 2.58 bits per heavy atom. The minimum absolute atomic E-state index is 0.0811. The Morgan fingerprint density at radius 2 is 1.95 bits per heavy atom. The molecule has 0 spiro atoms. The van der Waals surface area contributed by atoms with Crippen molar-refractivity contribution in [1.29, 1.82) is 0 Å². The first kappa shape index (κ1) is 13.8. The Hall–Kier alpha value is -1.65. The number of halogens is 2. The van der Waals surface area contributed by atoms with Crippen molar-refractivity contribution < 1.29 is 13.6 Å². The molecule has 1 amide bonds. The van der Waals surface area contributed by atoms with E-state index in [1.165, 1.54) is 0 Å². The van der Waals surface area contributed by atoms with Crippen LogP contribution in [0.2, 0.25) is 0 Å². The molecule has 3 N–H and O–H groups in total. The highest BCUT2D eigenvalue weighted by atomic mass is 19.1. The predicted molar refractivity (Wildman–Crippen MR) is 69.7 cm³/mol. The van der Waals surface area contributed by atoms with Gasteiger partial charge < -0.3 is 11.1 Å². The molecule has 104 valence electrons. The third kappa shape index (κ3) is 3.03. The Labute approximate surface area is 111 Å². The fourth-order valence-electron chi connectivity index (χ4n) is 2.53. The normalized spacial score (nSPS) is 17.4. The van der Waals surface area contributed by atoms with Crippen LogP contribution in [0.3, 0.4) is 0 Å². The molecule has 1 saturated carbocycles. The molecular formula is C14H18F2N2O. The van der Waals surface area contributed by atoms with E-state index in [9.17, 15) is 13.6 Å². The maximum Gasteiger partial charge on any atom is 0.254 e. The van der Waals surface area contributed by atoms with Crippen LogP contribution >= 0.6 is 0 Å². The summed E-state index contributed by atoms with van der Waals surface area (Å²) in [5, 5.41) is 2.71. The number of benzene rings is 1. The van der Waals surface area contributed by atoms with Gasteiger partial charge in [-0.1, -0.05) is 19.8 Å². The molecule has 5 heteroatoms. The summed E-state index contributed by atoms with van der Waals surface area (Å²) < 4.78 is 26.5. The number of rotatable bonds is 3. The zero-order chi connectivity index (χ0) is 14.0. The topological polar surface area (TPSA) is 55.1 Å². The van der Waals surface area contributed by atoms with E-state index in [-0.39, 0.29) is 16.7 Å². The third-order valence-electron chi connectivity index (χ3n) is 3.82. The highest BCUT2D eigenvalue weighted by Gasteiger charge is 2.29. The van der Waals surface area contributed by atoms with Crippen LogP contribution in [0.25, 0.3) is 0 Å². The number of hydrogen-bond donors (Lipinski definition) is 2. The lowest BCUT2D eigenvalue weighted by molar-refractivity contribution is 0.0930. The van der Waals surface area contributed by atoms with Crippen molar-refractivity contribution in [2.45, 2.75) is 32.6 Å². The molecule has 0 saturated heterocycles. The summed E-state index contributed by atoms with van der Waals surface area (Å²) in [6, 6.07) is 1.68. The Morgan fingerprint density at radius 1 is 1.32 bits per heavy atom. The molecule has 0 unspecified atom stereocenters. The summed E-state index contributed by atoms with van der Waals surface area (Å²) in [4.78, 5) is 11.9. The predicted octanol–water partition coefficient (Wildman–Crippen LogP) is 2.86. The van der Waals surface area contributed by atoms with Crippen LogP contribution in [-0.4, -0.2) is 12.5 Å². The number of anilines is 1. The van der Waals surface area contributed by atoms with Crippen LogP contribution in [0, 0.1) is 17.0 Å². The number of amides is 1. The molecule has 0 atom stereocenters. The van der Waals surface area contributed by atoms with Crippen LogP contribution in [0.5, 0.6) is 0 Å². The van der Waals surface area contributed by atoms with Gasteiger partial charge in [0.15, 0.2) is 0 Å². The number of nitrogens with two attached hydrogens (primary N) is 1. The van der Waals surface area contributed by atoms with Gasteiger partial charge in [-0.2, -0.15) is 0 Å². The summed E-state index contributed by atoms with van der Waals surface area (Å²) in [5.74, 6) is -2.28. The SMILES string of the molecule is CC1(CNC(=O)c2cc(N)c(F)cc2F)CCCC1. The van der Waals surface area contributed by atoms with E-state index < -0.39 is 17.5 Å². The fraction of sp³-hybridized carbons (Fsp3) is 0.500. The molecular weight excluding hydrogens is 250 g/mol. The zero-order valence-electron chi connectivity index (χ0n) is 10.9. The Balaban J connectivity index is 2.06. The standard InChI is InChI=1S/C14H18F2N2O/c1-14(4-2-3-5-14)8-18-13(19)9-6-12(17)11(16)7-10(9)15/h6-7H,2-5,8,17H2,1H3,(H,18,19). The quantitative estimate of drug-likeness (QED) is 0.828.